The van der Waals surface area contributed by atoms with Crippen LogP contribution in [-0.2, 0) is 11.2 Å². The second kappa shape index (κ2) is 8.21. The fourth-order valence-electron chi connectivity index (χ4n) is 3.22. The van der Waals surface area contributed by atoms with Gasteiger partial charge < -0.3 is 4.57 Å². The lowest BCUT2D eigenvalue weighted by Gasteiger charge is -2.09. The molecule has 5 heteroatoms. The minimum atomic E-state index is -0.264. The minimum Gasteiger partial charge on any atom is -0.318 e. The molecule has 0 atom stereocenters. The van der Waals surface area contributed by atoms with Crippen molar-refractivity contribution < 1.29 is 9.18 Å². The van der Waals surface area contributed by atoms with E-state index in [0.29, 0.717) is 0 Å². The molecule has 0 aliphatic rings. The summed E-state index contributed by atoms with van der Waals surface area (Å²) in [7, 11) is 0. The minimum absolute atomic E-state index is 0.160. The average molecular weight is 377 g/mol. The monoisotopic (exact) mass is 377 g/mol. The van der Waals surface area contributed by atoms with E-state index in [9.17, 15) is 9.18 Å². The summed E-state index contributed by atoms with van der Waals surface area (Å²) in [6, 6.07) is 14.3. The van der Waals surface area contributed by atoms with Crippen molar-refractivity contribution in [1.29, 1.82) is 0 Å². The number of nitrogens with one attached hydrogen (secondary N) is 1. The van der Waals surface area contributed by atoms with E-state index >= 15 is 0 Å². The third kappa shape index (κ3) is 4.36. The van der Waals surface area contributed by atoms with Crippen molar-refractivity contribution >= 4 is 12.1 Å². The summed E-state index contributed by atoms with van der Waals surface area (Å²) in [5.41, 5.74) is 9.68. The van der Waals surface area contributed by atoms with Gasteiger partial charge in [-0.3, -0.25) is 4.79 Å². The van der Waals surface area contributed by atoms with E-state index in [1.165, 1.54) is 23.3 Å². The summed E-state index contributed by atoms with van der Waals surface area (Å²) in [5.74, 6) is -0.425. The highest BCUT2D eigenvalue weighted by Crippen LogP contribution is 2.20. The van der Waals surface area contributed by atoms with Crippen LogP contribution in [-0.4, -0.2) is 16.7 Å². The number of benzene rings is 2. The summed E-state index contributed by atoms with van der Waals surface area (Å²) in [6.07, 6.45) is 1.92. The molecular formula is C23H24FN3O. The lowest BCUT2D eigenvalue weighted by atomic mass is 10.0. The first-order valence-corrected chi connectivity index (χ1v) is 9.18. The van der Waals surface area contributed by atoms with Crippen LogP contribution >= 0.6 is 0 Å². The van der Waals surface area contributed by atoms with E-state index in [1.54, 1.807) is 18.3 Å². The van der Waals surface area contributed by atoms with Gasteiger partial charge in [-0.25, -0.2) is 9.82 Å². The first kappa shape index (κ1) is 19.5. The van der Waals surface area contributed by atoms with Crippen LogP contribution in [0.15, 0.2) is 53.6 Å². The number of carbonyl (C=O) groups is 1. The molecule has 0 radical (unpaired) electrons. The van der Waals surface area contributed by atoms with Crippen LogP contribution in [0.2, 0.25) is 0 Å². The predicted molar refractivity (Wildman–Crippen MR) is 111 cm³/mol. The second-order valence-electron chi connectivity index (χ2n) is 7.03. The number of hydrogen-bond donors (Lipinski definition) is 1. The van der Waals surface area contributed by atoms with Crippen LogP contribution in [0.4, 0.5) is 4.39 Å². The number of carbonyl (C=O) groups excluding carboxylic acids is 1. The maximum atomic E-state index is 13.2. The fraction of sp³-hybridized carbons (Fsp3) is 0.217. The van der Waals surface area contributed by atoms with E-state index in [0.717, 1.165) is 28.2 Å². The lowest BCUT2D eigenvalue weighted by Crippen LogP contribution is -2.19. The van der Waals surface area contributed by atoms with Crippen LogP contribution in [0.25, 0.3) is 5.69 Å². The van der Waals surface area contributed by atoms with Gasteiger partial charge in [-0.15, -0.1) is 0 Å². The van der Waals surface area contributed by atoms with Crippen LogP contribution < -0.4 is 5.43 Å². The molecule has 0 saturated carbocycles. The van der Waals surface area contributed by atoms with Crippen LogP contribution in [0.1, 0.15) is 33.6 Å². The predicted octanol–water partition coefficient (Wildman–Crippen LogP) is 4.54. The fourth-order valence-corrected chi connectivity index (χ4v) is 3.22. The first-order valence-electron chi connectivity index (χ1n) is 9.18. The molecule has 1 N–H and O–H groups in total. The number of amides is 1. The Kier molecular flexibility index (Phi) is 5.73. The van der Waals surface area contributed by atoms with Crippen molar-refractivity contribution in [3.63, 3.8) is 0 Å². The Hall–Kier alpha value is -3.21. The molecule has 3 aromatic rings. The molecule has 1 aromatic heterocycles. The van der Waals surface area contributed by atoms with Crippen molar-refractivity contribution in [1.82, 2.24) is 9.99 Å². The van der Waals surface area contributed by atoms with E-state index in [2.05, 4.69) is 10.5 Å². The van der Waals surface area contributed by atoms with E-state index in [1.807, 2.05) is 56.5 Å². The zero-order valence-corrected chi connectivity index (χ0v) is 16.6. The third-order valence-electron chi connectivity index (χ3n) is 4.88. The van der Waals surface area contributed by atoms with Crippen molar-refractivity contribution in [2.45, 2.75) is 34.1 Å². The number of hydrazone groups is 1. The molecule has 3 rings (SSSR count). The number of hydrogen-bond acceptors (Lipinski definition) is 2. The van der Waals surface area contributed by atoms with Gasteiger partial charge in [0.05, 0.1) is 12.6 Å². The van der Waals surface area contributed by atoms with Gasteiger partial charge in [0.1, 0.15) is 5.82 Å². The molecule has 1 amide bonds. The Morgan fingerprint density at radius 1 is 1.04 bits per heavy atom. The maximum absolute atomic E-state index is 13.2. The van der Waals surface area contributed by atoms with Gasteiger partial charge in [-0.1, -0.05) is 18.2 Å². The quantitative estimate of drug-likeness (QED) is 0.515. The van der Waals surface area contributed by atoms with Crippen molar-refractivity contribution in [2.75, 3.05) is 0 Å². The Morgan fingerprint density at radius 2 is 1.75 bits per heavy atom. The summed E-state index contributed by atoms with van der Waals surface area (Å²) >= 11 is 0. The number of halogens is 1. The normalized spacial score (nSPS) is 11.2. The summed E-state index contributed by atoms with van der Waals surface area (Å²) in [5, 5.41) is 4.10. The van der Waals surface area contributed by atoms with Gasteiger partial charge in [0.2, 0.25) is 5.91 Å². The zero-order chi connectivity index (χ0) is 20.3. The SMILES string of the molecule is Cc1ccc(CC(=O)N/N=C\c2cc(C)n(-c3ccc(F)cc3)c2C)cc1C. The molecule has 2 aromatic carbocycles. The zero-order valence-electron chi connectivity index (χ0n) is 16.6. The van der Waals surface area contributed by atoms with Crippen molar-refractivity contribution in [3.05, 3.63) is 88.0 Å². The first-order chi connectivity index (χ1) is 13.3. The van der Waals surface area contributed by atoms with Crippen LogP contribution in [0.5, 0.6) is 0 Å². The molecular weight excluding hydrogens is 353 g/mol. The topological polar surface area (TPSA) is 46.4 Å². The Morgan fingerprint density at radius 3 is 2.43 bits per heavy atom. The lowest BCUT2D eigenvalue weighted by molar-refractivity contribution is -0.120. The Bertz CT molecular complexity index is 1030. The van der Waals surface area contributed by atoms with Crippen LogP contribution in [0.3, 0.4) is 0 Å². The van der Waals surface area contributed by atoms with Crippen LogP contribution in [0, 0.1) is 33.5 Å². The van der Waals surface area contributed by atoms with Crippen molar-refractivity contribution in [2.24, 2.45) is 5.10 Å². The van der Waals surface area contributed by atoms with E-state index in [-0.39, 0.29) is 18.1 Å². The molecule has 0 bridgehead atoms. The van der Waals surface area contributed by atoms with Crippen molar-refractivity contribution in [3.8, 4) is 5.69 Å². The Balaban J connectivity index is 1.69. The average Bonchev–Trinajstić information content (AvgIpc) is 2.93. The molecule has 28 heavy (non-hydrogen) atoms. The number of rotatable bonds is 5. The molecule has 0 saturated heterocycles. The summed E-state index contributed by atoms with van der Waals surface area (Å²) in [4.78, 5) is 12.1. The molecule has 0 unspecified atom stereocenters. The van der Waals surface area contributed by atoms with Gasteiger partial charge in [0.25, 0.3) is 0 Å². The van der Waals surface area contributed by atoms with E-state index < -0.39 is 0 Å². The maximum Gasteiger partial charge on any atom is 0.244 e. The summed E-state index contributed by atoms with van der Waals surface area (Å²) in [6.45, 7) is 8.03. The molecule has 144 valence electrons. The molecule has 0 aliphatic carbocycles. The van der Waals surface area contributed by atoms with E-state index in [4.69, 9.17) is 0 Å². The van der Waals surface area contributed by atoms with Gasteiger partial charge in [0.15, 0.2) is 0 Å². The third-order valence-corrected chi connectivity index (χ3v) is 4.88. The standard InChI is InChI=1S/C23H24FN3O/c1-15-5-6-19(11-16(15)2)13-23(28)26-25-14-20-12-17(3)27(18(20)4)22-9-7-21(24)8-10-22/h5-12,14H,13H2,1-4H3,(H,26,28)/b25-14-. The van der Waals surface area contributed by atoms with Gasteiger partial charge in [0, 0.05) is 22.6 Å². The highest BCUT2D eigenvalue weighted by atomic mass is 19.1. The largest absolute Gasteiger partial charge is 0.318 e. The Labute approximate surface area is 164 Å². The highest BCUT2D eigenvalue weighted by Gasteiger charge is 2.10. The second-order valence-corrected chi connectivity index (χ2v) is 7.03. The number of aromatic nitrogens is 1. The number of aryl methyl sites for hydroxylation is 3. The molecule has 0 spiro atoms. The van der Waals surface area contributed by atoms with Gasteiger partial charge in [-0.2, -0.15) is 5.10 Å². The highest BCUT2D eigenvalue weighted by molar-refractivity contribution is 5.84. The molecule has 0 fully saturated rings. The molecule has 1 heterocycles. The van der Waals surface area contributed by atoms with Gasteiger partial charge >= 0.3 is 0 Å². The smallest absolute Gasteiger partial charge is 0.244 e. The molecule has 0 aliphatic heterocycles. The summed E-state index contributed by atoms with van der Waals surface area (Å²) < 4.78 is 15.2. The number of nitrogens with zero attached hydrogens (tertiary/aromatic N) is 2. The molecule has 4 nitrogen and oxygen atoms in total. The van der Waals surface area contributed by atoms with Gasteiger partial charge in [-0.05, 0) is 74.7 Å².